The van der Waals surface area contributed by atoms with Gasteiger partial charge in [0.1, 0.15) is 17.7 Å². The molecule has 0 spiro atoms. The quantitative estimate of drug-likeness (QED) is 0.327. The third-order valence-corrected chi connectivity index (χ3v) is 12.2. The zero-order chi connectivity index (χ0) is 31.0. The first-order valence-corrected chi connectivity index (χ1v) is 16.4. The van der Waals surface area contributed by atoms with Crippen LogP contribution in [-0.4, -0.2) is 47.6 Å². The van der Waals surface area contributed by atoms with Gasteiger partial charge in [-0.25, -0.2) is 12.8 Å². The van der Waals surface area contributed by atoms with Crippen LogP contribution in [0.5, 0.6) is 0 Å². The molecule has 1 N–H and O–H groups in total. The average Bonchev–Trinajstić information content (AvgIpc) is 3.22. The second-order valence-corrected chi connectivity index (χ2v) is 15.6. The molecule has 2 aromatic carbocycles. The molecule has 2 bridgehead atoms. The lowest BCUT2D eigenvalue weighted by atomic mass is 9.38. The number of amidine groups is 1. The molecule has 0 saturated heterocycles. The molecule has 1 atom stereocenters. The number of Topliss-reactive ketones (excluding diaryl/α,β-unsaturated/α-hetero) is 1. The van der Waals surface area contributed by atoms with Gasteiger partial charge in [-0.1, -0.05) is 35.9 Å². The first-order valence-electron chi connectivity index (χ1n) is 14.6. The van der Waals surface area contributed by atoms with Gasteiger partial charge in [0.15, 0.2) is 5.78 Å². The van der Waals surface area contributed by atoms with Gasteiger partial charge in [-0.2, -0.15) is 17.5 Å². The number of alkyl halides is 3. The van der Waals surface area contributed by atoms with Crippen molar-refractivity contribution in [3.05, 3.63) is 64.9 Å². The highest BCUT2D eigenvalue weighted by Crippen LogP contribution is 2.71. The first-order chi connectivity index (χ1) is 20.1. The minimum Gasteiger partial charge on any atom is -0.366 e. The lowest BCUT2D eigenvalue weighted by molar-refractivity contribution is -0.184. The number of benzene rings is 2. The van der Waals surface area contributed by atoms with Crippen LogP contribution in [0.1, 0.15) is 64.4 Å². The molecule has 0 amide bonds. The van der Waals surface area contributed by atoms with Crippen molar-refractivity contribution in [2.75, 3.05) is 0 Å². The van der Waals surface area contributed by atoms with E-state index in [0.29, 0.717) is 30.7 Å². The van der Waals surface area contributed by atoms with E-state index in [9.17, 15) is 30.8 Å². The number of carbonyl (C=O) groups is 1. The van der Waals surface area contributed by atoms with Crippen molar-refractivity contribution >= 4 is 33.2 Å². The molecule has 0 unspecified atom stereocenters. The number of nitrogens with one attached hydrogen (secondary N) is 1. The molecule has 6 nitrogen and oxygen atoms in total. The van der Waals surface area contributed by atoms with E-state index in [1.54, 1.807) is 24.3 Å². The van der Waals surface area contributed by atoms with E-state index in [-0.39, 0.29) is 47.9 Å². The number of hydrogen-bond donors (Lipinski definition) is 1. The predicted octanol–water partition coefficient (Wildman–Crippen LogP) is 6.68. The summed E-state index contributed by atoms with van der Waals surface area (Å²) in [4.78, 5) is 18.5. The van der Waals surface area contributed by atoms with E-state index in [2.05, 4.69) is 5.32 Å². The van der Waals surface area contributed by atoms with Crippen molar-refractivity contribution < 1.29 is 30.8 Å². The highest BCUT2D eigenvalue weighted by atomic mass is 35.5. The lowest BCUT2D eigenvalue weighted by Crippen LogP contribution is -2.78. The molecule has 1 heterocycles. The van der Waals surface area contributed by atoms with Gasteiger partial charge in [-0.3, -0.25) is 9.79 Å². The molecule has 43 heavy (non-hydrogen) atoms. The maximum absolute atomic E-state index is 14.3. The van der Waals surface area contributed by atoms with Gasteiger partial charge >= 0.3 is 6.18 Å². The van der Waals surface area contributed by atoms with Gasteiger partial charge in [0.25, 0.3) is 0 Å². The maximum atomic E-state index is 14.3. The fourth-order valence-corrected chi connectivity index (χ4v) is 9.49. The number of nitrogens with zero attached hydrogens (tertiary/aromatic N) is 2. The van der Waals surface area contributed by atoms with E-state index >= 15 is 0 Å². The number of halogens is 5. The van der Waals surface area contributed by atoms with Crippen molar-refractivity contribution in [2.45, 2.75) is 93.5 Å². The molecule has 5 aliphatic rings. The third-order valence-electron chi connectivity index (χ3n) is 9.92. The summed E-state index contributed by atoms with van der Waals surface area (Å²) in [7, 11) is -3.95. The fourth-order valence-electron chi connectivity index (χ4n) is 7.59. The van der Waals surface area contributed by atoms with Crippen LogP contribution in [0.2, 0.25) is 5.02 Å². The molecule has 4 aliphatic carbocycles. The van der Waals surface area contributed by atoms with Crippen LogP contribution in [-0.2, 0) is 21.4 Å². The van der Waals surface area contributed by atoms with Crippen LogP contribution in [0.3, 0.4) is 0 Å². The maximum Gasteiger partial charge on any atom is 0.391 e. The minimum absolute atomic E-state index is 0.0332. The van der Waals surface area contributed by atoms with Gasteiger partial charge in [-0.05, 0) is 88.6 Å². The van der Waals surface area contributed by atoms with Crippen LogP contribution in [0.4, 0.5) is 17.6 Å². The minimum atomic E-state index is -4.24. The van der Waals surface area contributed by atoms with Gasteiger partial charge in [0.05, 0.1) is 21.4 Å². The Hall–Kier alpha value is -2.50. The number of rotatable bonds is 8. The number of aliphatic imine (C=N–C) groups is 1. The highest BCUT2D eigenvalue weighted by Gasteiger charge is 2.75. The molecule has 232 valence electrons. The summed E-state index contributed by atoms with van der Waals surface area (Å²) in [6, 6.07) is 11.7. The lowest BCUT2D eigenvalue weighted by Gasteiger charge is -2.73. The second-order valence-electron chi connectivity index (χ2n) is 13.3. The molecule has 4 fully saturated rings. The van der Waals surface area contributed by atoms with E-state index in [1.807, 2.05) is 13.8 Å². The predicted molar refractivity (Wildman–Crippen MR) is 155 cm³/mol. The largest absolute Gasteiger partial charge is 0.391 e. The number of hydrogen-bond acceptors (Lipinski definition) is 5. The molecular weight excluding hydrogens is 606 g/mol. The standard InChI is InChI=1S/C31H34ClF4N3O3S/c1-28(2)26(25(40)20-9-11-21(12-10-20)31(34,35)36)37-27(38-28)29-16-30(17-29,18-29)39(15-19-8-13-23(32)24(33)14-19)43(41,42)22-6-4-3-5-7-22/h3-8,13-14,20-21,26H,9-12,15-18H2,1-2H3,(H,37,38)/t20?,21?,26-,29?,30?/m0/s1. The Morgan fingerprint density at radius 1 is 1.05 bits per heavy atom. The summed E-state index contributed by atoms with van der Waals surface area (Å²) in [5.74, 6) is -1.91. The van der Waals surface area contributed by atoms with E-state index in [1.165, 1.54) is 28.6 Å². The van der Waals surface area contributed by atoms with Gasteiger partial charge in [-0.15, -0.1) is 0 Å². The molecule has 12 heteroatoms. The normalized spacial score (nSPS) is 31.5. The van der Waals surface area contributed by atoms with Crippen molar-refractivity contribution in [3.63, 3.8) is 0 Å². The smallest absolute Gasteiger partial charge is 0.366 e. The summed E-state index contributed by atoms with van der Waals surface area (Å²) < 4.78 is 83.1. The topological polar surface area (TPSA) is 78.8 Å². The Balaban J connectivity index is 1.21. The van der Waals surface area contributed by atoms with E-state index in [4.69, 9.17) is 16.6 Å². The fraction of sp³-hybridized carbons (Fsp3) is 0.548. The molecule has 2 aromatic rings. The number of ketones is 1. The van der Waals surface area contributed by atoms with E-state index < -0.39 is 56.4 Å². The van der Waals surface area contributed by atoms with Crippen molar-refractivity contribution in [1.82, 2.24) is 9.62 Å². The monoisotopic (exact) mass is 639 g/mol. The average molecular weight is 640 g/mol. The Morgan fingerprint density at radius 3 is 2.26 bits per heavy atom. The molecule has 4 saturated carbocycles. The zero-order valence-corrected chi connectivity index (χ0v) is 25.5. The third kappa shape index (κ3) is 5.19. The summed E-state index contributed by atoms with van der Waals surface area (Å²) in [5, 5.41) is 3.38. The van der Waals surface area contributed by atoms with Crippen molar-refractivity contribution in [1.29, 1.82) is 0 Å². The number of sulfonamides is 1. The van der Waals surface area contributed by atoms with E-state index in [0.717, 1.165) is 0 Å². The summed E-state index contributed by atoms with van der Waals surface area (Å²) >= 11 is 5.86. The van der Waals surface area contributed by atoms with Crippen LogP contribution < -0.4 is 5.32 Å². The van der Waals surface area contributed by atoms with Crippen molar-refractivity contribution in [3.8, 4) is 0 Å². The highest BCUT2D eigenvalue weighted by molar-refractivity contribution is 7.89. The second kappa shape index (κ2) is 10.3. The summed E-state index contributed by atoms with van der Waals surface area (Å²) in [6.07, 6.45) is -2.47. The van der Waals surface area contributed by atoms with Crippen LogP contribution in [0.25, 0.3) is 0 Å². The van der Waals surface area contributed by atoms with Crippen LogP contribution >= 0.6 is 11.6 Å². The molecule has 0 radical (unpaired) electrons. The van der Waals surface area contributed by atoms with Gasteiger partial charge < -0.3 is 5.32 Å². The molecule has 0 aromatic heterocycles. The zero-order valence-electron chi connectivity index (χ0n) is 23.9. The van der Waals surface area contributed by atoms with Crippen LogP contribution in [0.15, 0.2) is 58.4 Å². The molecule has 7 rings (SSSR count). The van der Waals surface area contributed by atoms with Crippen LogP contribution in [0, 0.1) is 23.1 Å². The van der Waals surface area contributed by atoms with Crippen molar-refractivity contribution in [2.24, 2.45) is 22.2 Å². The van der Waals surface area contributed by atoms with Gasteiger partial charge in [0, 0.05) is 23.4 Å². The molecular formula is C31H34ClF4N3O3S. The SMILES string of the molecule is CC1(C)NC(C23CC(N(Cc4ccc(Cl)c(F)c4)S(=O)(=O)c4ccccc4)(C2)C3)=N[C@H]1C(=O)C1CCC(C(F)(F)F)CC1. The Kier molecular flexibility index (Phi) is 7.29. The summed E-state index contributed by atoms with van der Waals surface area (Å²) in [6.45, 7) is 3.71. The Morgan fingerprint density at radius 2 is 1.67 bits per heavy atom. The Bertz CT molecular complexity index is 1550. The van der Waals surface area contributed by atoms with Gasteiger partial charge in [0.2, 0.25) is 10.0 Å². The molecule has 1 aliphatic heterocycles. The number of carbonyl (C=O) groups excluding carboxylic acids is 1. The Labute approximate surface area is 253 Å². The summed E-state index contributed by atoms with van der Waals surface area (Å²) in [5.41, 5.74) is -1.36. The first kappa shape index (κ1) is 30.5.